The second kappa shape index (κ2) is 7.48. The largest absolute Gasteiger partial charge is 0.388 e. The number of aromatic nitrogens is 1. The fraction of sp³-hybridized carbons (Fsp3) is 0.688. The van der Waals surface area contributed by atoms with Crippen molar-refractivity contribution in [3.63, 3.8) is 0 Å². The summed E-state index contributed by atoms with van der Waals surface area (Å²) in [6.07, 6.45) is 11.2. The number of nitrogens with one attached hydrogen (secondary N) is 1. The van der Waals surface area contributed by atoms with Gasteiger partial charge in [-0.25, -0.2) is 0 Å². The van der Waals surface area contributed by atoms with Gasteiger partial charge >= 0.3 is 0 Å². The van der Waals surface area contributed by atoms with Crippen LogP contribution in [0, 0.1) is 0 Å². The molecule has 1 saturated carbocycles. The second-order valence-electron chi connectivity index (χ2n) is 5.80. The predicted molar refractivity (Wildman–Crippen MR) is 79.3 cm³/mol. The Balaban J connectivity index is 1.82. The molecule has 0 saturated heterocycles. The summed E-state index contributed by atoms with van der Waals surface area (Å²) in [5.74, 6) is 0.0741. The van der Waals surface area contributed by atoms with E-state index in [9.17, 15) is 9.90 Å². The third-order valence-electron chi connectivity index (χ3n) is 4.09. The lowest BCUT2D eigenvalue weighted by atomic mass is 10.1. The molecule has 112 valence electrons. The molecular formula is C16H26N2O2. The van der Waals surface area contributed by atoms with Crippen molar-refractivity contribution >= 4 is 5.91 Å². The van der Waals surface area contributed by atoms with Crippen molar-refractivity contribution in [2.45, 2.75) is 70.6 Å². The fourth-order valence-corrected chi connectivity index (χ4v) is 2.85. The van der Waals surface area contributed by atoms with Crippen molar-refractivity contribution < 1.29 is 9.90 Å². The summed E-state index contributed by atoms with van der Waals surface area (Å²) >= 11 is 0. The van der Waals surface area contributed by atoms with Gasteiger partial charge in [0, 0.05) is 18.4 Å². The molecule has 1 aromatic rings. The summed E-state index contributed by atoms with van der Waals surface area (Å²) in [7, 11) is 0. The van der Waals surface area contributed by atoms with Crippen molar-refractivity contribution in [3.05, 3.63) is 24.0 Å². The second-order valence-corrected chi connectivity index (χ2v) is 5.80. The quantitative estimate of drug-likeness (QED) is 0.814. The van der Waals surface area contributed by atoms with Crippen LogP contribution in [0.5, 0.6) is 0 Å². The van der Waals surface area contributed by atoms with Gasteiger partial charge in [-0.1, -0.05) is 32.6 Å². The van der Waals surface area contributed by atoms with Crippen molar-refractivity contribution in [2.24, 2.45) is 0 Å². The molecule has 2 rings (SSSR count). The monoisotopic (exact) mass is 278 g/mol. The van der Waals surface area contributed by atoms with E-state index in [0.29, 0.717) is 19.0 Å². The molecule has 1 aliphatic carbocycles. The van der Waals surface area contributed by atoms with Gasteiger partial charge in [0.1, 0.15) is 6.54 Å². The first-order valence-electron chi connectivity index (χ1n) is 7.82. The summed E-state index contributed by atoms with van der Waals surface area (Å²) in [6, 6.07) is 2.23. The van der Waals surface area contributed by atoms with Crippen LogP contribution in [0.25, 0.3) is 0 Å². The summed E-state index contributed by atoms with van der Waals surface area (Å²) < 4.78 is 1.85. The lowest BCUT2D eigenvalue weighted by Crippen LogP contribution is -2.36. The molecule has 0 aliphatic heterocycles. The summed E-state index contributed by atoms with van der Waals surface area (Å²) in [5, 5.41) is 12.9. The van der Waals surface area contributed by atoms with Crippen LogP contribution >= 0.6 is 0 Å². The minimum Gasteiger partial charge on any atom is -0.388 e. The first kappa shape index (κ1) is 15.1. The third-order valence-corrected chi connectivity index (χ3v) is 4.09. The van der Waals surface area contributed by atoms with Crippen LogP contribution in [0.3, 0.4) is 0 Å². The summed E-state index contributed by atoms with van der Waals surface area (Å²) in [4.78, 5) is 12.0. The van der Waals surface area contributed by atoms with Crippen LogP contribution in [0.2, 0.25) is 0 Å². The van der Waals surface area contributed by atoms with Gasteiger partial charge < -0.3 is 15.0 Å². The molecule has 0 bridgehead atoms. The van der Waals surface area contributed by atoms with Gasteiger partial charge in [-0.3, -0.25) is 4.79 Å². The van der Waals surface area contributed by atoms with E-state index in [0.717, 1.165) is 18.4 Å². The molecule has 1 amide bonds. The average Bonchev–Trinajstić information content (AvgIpc) is 2.74. The zero-order valence-electron chi connectivity index (χ0n) is 12.3. The molecule has 2 N–H and O–H groups in total. The van der Waals surface area contributed by atoms with Gasteiger partial charge in [-0.15, -0.1) is 0 Å². The zero-order chi connectivity index (χ0) is 14.4. The third kappa shape index (κ3) is 4.37. The number of nitrogens with zero attached hydrogens (tertiary/aromatic N) is 1. The number of hydrogen-bond acceptors (Lipinski definition) is 2. The fourth-order valence-electron chi connectivity index (χ4n) is 2.85. The number of carbonyl (C=O) groups is 1. The molecule has 20 heavy (non-hydrogen) atoms. The summed E-state index contributed by atoms with van der Waals surface area (Å²) in [6.45, 7) is 2.29. The van der Waals surface area contributed by atoms with E-state index in [1.807, 2.05) is 30.0 Å². The van der Waals surface area contributed by atoms with E-state index in [1.165, 1.54) is 25.7 Å². The molecule has 0 spiro atoms. The summed E-state index contributed by atoms with van der Waals surface area (Å²) in [5.41, 5.74) is 0.884. The van der Waals surface area contributed by atoms with Crippen LogP contribution < -0.4 is 5.32 Å². The Morgan fingerprint density at radius 3 is 2.75 bits per heavy atom. The van der Waals surface area contributed by atoms with E-state index in [1.54, 1.807) is 0 Å². The van der Waals surface area contributed by atoms with Crippen LogP contribution in [-0.2, 0) is 11.3 Å². The van der Waals surface area contributed by atoms with Crippen LogP contribution in [0.4, 0.5) is 0 Å². The molecule has 0 radical (unpaired) electrons. The van der Waals surface area contributed by atoms with Crippen molar-refractivity contribution in [1.82, 2.24) is 9.88 Å². The maximum Gasteiger partial charge on any atom is 0.240 e. The Hall–Kier alpha value is -1.29. The number of amides is 1. The Labute approximate surface area is 121 Å². The molecule has 1 aromatic heterocycles. The molecule has 1 heterocycles. The SMILES string of the molecule is CCC(O)c1ccn(CC(=O)NC2CCCCCC2)c1. The van der Waals surface area contributed by atoms with Gasteiger partial charge in [0.05, 0.1) is 6.10 Å². The minimum atomic E-state index is -0.429. The van der Waals surface area contributed by atoms with Crippen molar-refractivity contribution in [3.8, 4) is 0 Å². The van der Waals surface area contributed by atoms with Gasteiger partial charge in [0.15, 0.2) is 0 Å². The van der Waals surface area contributed by atoms with Gasteiger partial charge in [-0.05, 0) is 30.9 Å². The Bertz CT molecular complexity index is 420. The van der Waals surface area contributed by atoms with Crippen molar-refractivity contribution in [2.75, 3.05) is 0 Å². The van der Waals surface area contributed by atoms with E-state index >= 15 is 0 Å². The molecule has 1 fully saturated rings. The number of hydrogen-bond donors (Lipinski definition) is 2. The number of rotatable bonds is 5. The van der Waals surface area contributed by atoms with E-state index in [2.05, 4.69) is 5.32 Å². The maximum atomic E-state index is 12.0. The first-order chi connectivity index (χ1) is 9.69. The highest BCUT2D eigenvalue weighted by atomic mass is 16.3. The molecule has 4 nitrogen and oxygen atoms in total. The van der Waals surface area contributed by atoms with Crippen LogP contribution in [-0.4, -0.2) is 21.6 Å². The Morgan fingerprint density at radius 1 is 1.40 bits per heavy atom. The normalized spacial score (nSPS) is 18.5. The van der Waals surface area contributed by atoms with Gasteiger partial charge in [0.2, 0.25) is 5.91 Å². The number of aliphatic hydroxyl groups excluding tert-OH is 1. The Kier molecular flexibility index (Phi) is 5.65. The molecular weight excluding hydrogens is 252 g/mol. The first-order valence-corrected chi connectivity index (χ1v) is 7.82. The molecule has 1 atom stereocenters. The van der Waals surface area contributed by atoms with Crippen LogP contribution in [0.1, 0.15) is 63.5 Å². The van der Waals surface area contributed by atoms with Gasteiger partial charge in [-0.2, -0.15) is 0 Å². The molecule has 1 aliphatic rings. The predicted octanol–water partition coefficient (Wildman–Crippen LogP) is 2.77. The topological polar surface area (TPSA) is 54.3 Å². The smallest absolute Gasteiger partial charge is 0.240 e. The lowest BCUT2D eigenvalue weighted by Gasteiger charge is -2.16. The number of aliphatic hydroxyl groups is 1. The minimum absolute atomic E-state index is 0.0741. The van der Waals surface area contributed by atoms with Crippen molar-refractivity contribution in [1.29, 1.82) is 0 Å². The number of carbonyl (C=O) groups excluding carboxylic acids is 1. The molecule has 0 aromatic carbocycles. The highest BCUT2D eigenvalue weighted by Gasteiger charge is 2.15. The molecule has 4 heteroatoms. The van der Waals surface area contributed by atoms with E-state index < -0.39 is 6.10 Å². The average molecular weight is 278 g/mol. The van der Waals surface area contributed by atoms with Gasteiger partial charge in [0.25, 0.3) is 0 Å². The highest BCUT2D eigenvalue weighted by molar-refractivity contribution is 5.76. The van der Waals surface area contributed by atoms with E-state index in [-0.39, 0.29) is 5.91 Å². The Morgan fingerprint density at radius 2 is 2.10 bits per heavy atom. The zero-order valence-corrected chi connectivity index (χ0v) is 12.3. The van der Waals surface area contributed by atoms with Crippen LogP contribution in [0.15, 0.2) is 18.5 Å². The highest BCUT2D eigenvalue weighted by Crippen LogP contribution is 2.18. The maximum absolute atomic E-state index is 12.0. The lowest BCUT2D eigenvalue weighted by molar-refractivity contribution is -0.122. The standard InChI is InChI=1S/C16H26N2O2/c1-2-15(19)13-9-10-18(11-13)12-16(20)17-14-7-5-3-4-6-8-14/h9-11,14-15,19H,2-8,12H2,1H3,(H,17,20). The molecule has 1 unspecified atom stereocenters. The van der Waals surface area contributed by atoms with E-state index in [4.69, 9.17) is 0 Å².